The third-order valence-electron chi connectivity index (χ3n) is 5.54. The van der Waals surface area contributed by atoms with E-state index >= 15 is 0 Å². The Kier molecular flexibility index (Phi) is 8.47. The number of hydrogen-bond donors (Lipinski definition) is 1. The number of carboxylic acids is 1. The maximum absolute atomic E-state index is 13.6. The SMILES string of the molecule is Cc1cc(SC/C=C(/c2ccc(F)cc2)c2ccc(-c3cccc(Cl)c3)cc2)ccc1OCC(=O)O. The Balaban J connectivity index is 1.55. The highest BCUT2D eigenvalue weighted by Gasteiger charge is 2.08. The first-order chi connectivity index (χ1) is 17.4. The van der Waals surface area contributed by atoms with Crippen molar-refractivity contribution in [3.8, 4) is 16.9 Å². The number of aliphatic carboxylic acids is 1. The fourth-order valence-electron chi connectivity index (χ4n) is 3.78. The van der Waals surface area contributed by atoms with Crippen molar-refractivity contribution in [2.45, 2.75) is 11.8 Å². The molecular formula is C30H24ClFO3S. The molecule has 6 heteroatoms. The molecule has 1 N–H and O–H groups in total. The van der Waals surface area contributed by atoms with Gasteiger partial charge in [0.2, 0.25) is 0 Å². The number of carbonyl (C=O) groups is 1. The van der Waals surface area contributed by atoms with Crippen molar-refractivity contribution in [2.75, 3.05) is 12.4 Å². The molecule has 0 aliphatic rings. The molecule has 0 saturated carbocycles. The largest absolute Gasteiger partial charge is 0.482 e. The van der Waals surface area contributed by atoms with Crippen LogP contribution in [-0.4, -0.2) is 23.4 Å². The van der Waals surface area contributed by atoms with Crippen molar-refractivity contribution in [3.05, 3.63) is 125 Å². The Morgan fingerprint density at radius 3 is 2.28 bits per heavy atom. The molecular weight excluding hydrogens is 495 g/mol. The van der Waals surface area contributed by atoms with Crippen LogP contribution in [0.2, 0.25) is 5.02 Å². The number of rotatable bonds is 9. The van der Waals surface area contributed by atoms with E-state index in [9.17, 15) is 9.18 Å². The summed E-state index contributed by atoms with van der Waals surface area (Å²) >= 11 is 7.80. The molecule has 4 rings (SSSR count). The van der Waals surface area contributed by atoms with Crippen molar-refractivity contribution in [1.82, 2.24) is 0 Å². The van der Waals surface area contributed by atoms with E-state index < -0.39 is 5.97 Å². The molecule has 3 nitrogen and oxygen atoms in total. The van der Waals surface area contributed by atoms with Crippen molar-refractivity contribution < 1.29 is 19.0 Å². The van der Waals surface area contributed by atoms with Gasteiger partial charge in [-0.1, -0.05) is 66.2 Å². The quantitative estimate of drug-likeness (QED) is 0.227. The van der Waals surface area contributed by atoms with E-state index in [1.165, 1.54) is 12.1 Å². The molecule has 182 valence electrons. The van der Waals surface area contributed by atoms with Crippen LogP contribution in [0.3, 0.4) is 0 Å². The fourth-order valence-corrected chi connectivity index (χ4v) is 4.83. The van der Waals surface area contributed by atoms with E-state index in [1.54, 1.807) is 30.0 Å². The van der Waals surface area contributed by atoms with Crippen LogP contribution in [0.4, 0.5) is 4.39 Å². The molecule has 36 heavy (non-hydrogen) atoms. The van der Waals surface area contributed by atoms with Crippen LogP contribution in [0.15, 0.2) is 102 Å². The van der Waals surface area contributed by atoms with Gasteiger partial charge in [-0.25, -0.2) is 9.18 Å². The first-order valence-electron chi connectivity index (χ1n) is 11.3. The summed E-state index contributed by atoms with van der Waals surface area (Å²) < 4.78 is 18.9. The van der Waals surface area contributed by atoms with Crippen LogP contribution in [0.25, 0.3) is 16.7 Å². The second kappa shape index (κ2) is 11.9. The molecule has 4 aromatic carbocycles. The average molecular weight is 519 g/mol. The van der Waals surface area contributed by atoms with Crippen LogP contribution >= 0.6 is 23.4 Å². The third-order valence-corrected chi connectivity index (χ3v) is 6.70. The molecule has 0 bridgehead atoms. The van der Waals surface area contributed by atoms with E-state index in [0.29, 0.717) is 16.5 Å². The van der Waals surface area contributed by atoms with Crippen LogP contribution < -0.4 is 4.74 Å². The smallest absolute Gasteiger partial charge is 0.341 e. The van der Waals surface area contributed by atoms with Crippen LogP contribution in [0.5, 0.6) is 5.75 Å². The second-order valence-corrected chi connectivity index (χ2v) is 9.66. The van der Waals surface area contributed by atoms with E-state index in [0.717, 1.165) is 38.3 Å². The standard InChI is InChI=1S/C30H24ClFO3S/c1-20-17-27(13-14-29(20)35-19-30(33)34)36-16-15-28(23-9-11-26(32)12-10-23)22-7-5-21(6-8-22)24-3-2-4-25(31)18-24/h2-15,17-18H,16,19H2,1H3,(H,33,34)/b28-15+. The maximum Gasteiger partial charge on any atom is 0.341 e. The third kappa shape index (κ3) is 6.78. The minimum Gasteiger partial charge on any atom is -0.482 e. The van der Waals surface area contributed by atoms with E-state index in [2.05, 4.69) is 30.3 Å². The topological polar surface area (TPSA) is 46.5 Å². The fraction of sp³-hybridized carbons (Fsp3) is 0.100. The molecule has 0 heterocycles. The molecule has 0 spiro atoms. The zero-order valence-electron chi connectivity index (χ0n) is 19.6. The summed E-state index contributed by atoms with van der Waals surface area (Å²) in [5.41, 5.74) is 5.96. The highest BCUT2D eigenvalue weighted by Crippen LogP contribution is 2.30. The van der Waals surface area contributed by atoms with Crippen molar-refractivity contribution in [1.29, 1.82) is 0 Å². The monoisotopic (exact) mass is 518 g/mol. The molecule has 0 amide bonds. The Morgan fingerprint density at radius 1 is 0.944 bits per heavy atom. The first kappa shape index (κ1) is 25.5. The molecule has 0 aliphatic heterocycles. The van der Waals surface area contributed by atoms with Gasteiger partial charge in [0.25, 0.3) is 0 Å². The Labute approximate surface area is 219 Å². The van der Waals surface area contributed by atoms with Crippen molar-refractivity contribution >= 4 is 34.9 Å². The van der Waals surface area contributed by atoms with Crippen molar-refractivity contribution in [2.24, 2.45) is 0 Å². The molecule has 0 saturated heterocycles. The predicted molar refractivity (Wildman–Crippen MR) is 145 cm³/mol. The lowest BCUT2D eigenvalue weighted by atomic mass is 9.95. The van der Waals surface area contributed by atoms with Crippen LogP contribution in [-0.2, 0) is 4.79 Å². The highest BCUT2D eigenvalue weighted by molar-refractivity contribution is 7.99. The van der Waals surface area contributed by atoms with Gasteiger partial charge in [0, 0.05) is 15.7 Å². The van der Waals surface area contributed by atoms with Gasteiger partial charge in [0.1, 0.15) is 11.6 Å². The minimum absolute atomic E-state index is 0.274. The Morgan fingerprint density at radius 2 is 1.64 bits per heavy atom. The number of thioether (sulfide) groups is 1. The lowest BCUT2D eigenvalue weighted by Gasteiger charge is -2.11. The van der Waals surface area contributed by atoms with Gasteiger partial charge < -0.3 is 9.84 Å². The number of hydrogen-bond acceptors (Lipinski definition) is 3. The van der Waals surface area contributed by atoms with Gasteiger partial charge in [0.15, 0.2) is 6.61 Å². The summed E-state index contributed by atoms with van der Waals surface area (Å²) in [6, 6.07) is 28.2. The van der Waals surface area contributed by atoms with Crippen LogP contribution in [0, 0.1) is 12.7 Å². The predicted octanol–water partition coefficient (Wildman–Crippen LogP) is 8.14. The maximum atomic E-state index is 13.6. The van der Waals surface area contributed by atoms with Crippen molar-refractivity contribution in [3.63, 3.8) is 0 Å². The number of carboxylic acid groups (broad SMARTS) is 1. The average Bonchev–Trinajstić information content (AvgIpc) is 2.87. The molecule has 4 aromatic rings. The van der Waals surface area contributed by atoms with Gasteiger partial charge in [-0.05, 0) is 82.8 Å². The zero-order valence-corrected chi connectivity index (χ0v) is 21.2. The number of ether oxygens (including phenoxy) is 1. The summed E-state index contributed by atoms with van der Waals surface area (Å²) in [5.74, 6) is -0.0298. The zero-order chi connectivity index (χ0) is 25.5. The van der Waals surface area contributed by atoms with Gasteiger partial charge in [-0.3, -0.25) is 0 Å². The number of benzene rings is 4. The number of aryl methyl sites for hydroxylation is 1. The number of halogens is 2. The normalized spacial score (nSPS) is 11.4. The molecule has 0 radical (unpaired) electrons. The molecule has 0 fully saturated rings. The Hall–Kier alpha value is -3.54. The summed E-state index contributed by atoms with van der Waals surface area (Å²) in [6.45, 7) is 1.52. The lowest BCUT2D eigenvalue weighted by Crippen LogP contribution is -2.09. The second-order valence-electron chi connectivity index (χ2n) is 8.13. The van der Waals surface area contributed by atoms with E-state index in [4.69, 9.17) is 21.4 Å². The first-order valence-corrected chi connectivity index (χ1v) is 12.7. The van der Waals surface area contributed by atoms with Gasteiger partial charge in [-0.15, -0.1) is 11.8 Å². The van der Waals surface area contributed by atoms with Gasteiger partial charge in [0.05, 0.1) is 0 Å². The Bertz CT molecular complexity index is 1380. The lowest BCUT2D eigenvalue weighted by molar-refractivity contribution is -0.139. The van der Waals surface area contributed by atoms with Crippen LogP contribution in [0.1, 0.15) is 16.7 Å². The molecule has 0 aliphatic carbocycles. The molecule has 0 atom stereocenters. The summed E-state index contributed by atoms with van der Waals surface area (Å²) in [7, 11) is 0. The summed E-state index contributed by atoms with van der Waals surface area (Å²) in [5, 5.41) is 9.51. The molecule has 0 aromatic heterocycles. The van der Waals surface area contributed by atoms with Gasteiger partial charge in [-0.2, -0.15) is 0 Å². The molecule has 0 unspecified atom stereocenters. The minimum atomic E-state index is -1.01. The van der Waals surface area contributed by atoms with E-state index in [1.807, 2.05) is 43.3 Å². The summed E-state index contributed by atoms with van der Waals surface area (Å²) in [6.07, 6.45) is 2.14. The van der Waals surface area contributed by atoms with E-state index in [-0.39, 0.29) is 12.4 Å². The van der Waals surface area contributed by atoms with Gasteiger partial charge >= 0.3 is 5.97 Å². The summed E-state index contributed by atoms with van der Waals surface area (Å²) in [4.78, 5) is 11.8. The highest BCUT2D eigenvalue weighted by atomic mass is 35.5.